The van der Waals surface area contributed by atoms with E-state index in [0.717, 1.165) is 0 Å². The third-order valence-corrected chi connectivity index (χ3v) is 2.40. The van der Waals surface area contributed by atoms with Gasteiger partial charge in [-0.05, 0) is 12.1 Å². The standard InChI is InChI=1S/C10H10ClN3O2/c11-7-4-2-1-3-6(7)9-13-10(16-14-9)8(12)5-15/h1-4,8,15H,5,12H2/t8-/m1/s1. The molecule has 84 valence electrons. The first kappa shape index (κ1) is 11.1. The maximum atomic E-state index is 8.84. The lowest BCUT2D eigenvalue weighted by molar-refractivity contribution is 0.237. The van der Waals surface area contributed by atoms with Crippen molar-refractivity contribution in [2.24, 2.45) is 5.73 Å². The lowest BCUT2D eigenvalue weighted by Crippen LogP contribution is -2.14. The van der Waals surface area contributed by atoms with Crippen LogP contribution in [0.2, 0.25) is 5.02 Å². The number of nitrogens with two attached hydrogens (primary N) is 1. The van der Waals surface area contributed by atoms with Crippen LogP contribution in [-0.2, 0) is 0 Å². The second-order valence-electron chi connectivity index (χ2n) is 3.23. The molecule has 0 bridgehead atoms. The van der Waals surface area contributed by atoms with Gasteiger partial charge in [-0.1, -0.05) is 28.9 Å². The van der Waals surface area contributed by atoms with Gasteiger partial charge in [0, 0.05) is 5.56 Å². The molecule has 1 atom stereocenters. The summed E-state index contributed by atoms with van der Waals surface area (Å²) in [5.41, 5.74) is 6.22. The van der Waals surface area contributed by atoms with E-state index in [1.807, 2.05) is 12.1 Å². The van der Waals surface area contributed by atoms with Crippen molar-refractivity contribution in [3.63, 3.8) is 0 Å². The average Bonchev–Trinajstić information content (AvgIpc) is 2.78. The number of halogens is 1. The Morgan fingerprint density at radius 1 is 1.44 bits per heavy atom. The van der Waals surface area contributed by atoms with Gasteiger partial charge in [0.2, 0.25) is 11.7 Å². The fourth-order valence-corrected chi connectivity index (χ4v) is 1.44. The molecular formula is C10H10ClN3O2. The number of hydrogen-bond donors (Lipinski definition) is 2. The molecule has 3 N–H and O–H groups in total. The largest absolute Gasteiger partial charge is 0.394 e. The number of aliphatic hydroxyl groups excluding tert-OH is 1. The fraction of sp³-hybridized carbons (Fsp3) is 0.200. The molecule has 0 saturated heterocycles. The highest BCUT2D eigenvalue weighted by atomic mass is 35.5. The van der Waals surface area contributed by atoms with Crippen LogP contribution in [0.25, 0.3) is 11.4 Å². The van der Waals surface area contributed by atoms with Gasteiger partial charge in [0.15, 0.2) is 0 Å². The van der Waals surface area contributed by atoms with Crippen molar-refractivity contribution in [3.05, 3.63) is 35.2 Å². The Kier molecular flexibility index (Phi) is 3.19. The summed E-state index contributed by atoms with van der Waals surface area (Å²) in [6.45, 7) is -0.246. The number of aliphatic hydroxyl groups is 1. The van der Waals surface area contributed by atoms with E-state index in [-0.39, 0.29) is 12.5 Å². The lowest BCUT2D eigenvalue weighted by atomic mass is 10.2. The Morgan fingerprint density at radius 3 is 2.88 bits per heavy atom. The molecule has 0 spiro atoms. The van der Waals surface area contributed by atoms with Crippen LogP contribution in [0.4, 0.5) is 0 Å². The minimum absolute atomic E-state index is 0.192. The maximum absolute atomic E-state index is 8.84. The van der Waals surface area contributed by atoms with E-state index >= 15 is 0 Å². The number of benzene rings is 1. The lowest BCUT2D eigenvalue weighted by Gasteiger charge is -1.99. The van der Waals surface area contributed by atoms with E-state index in [2.05, 4.69) is 10.1 Å². The first-order valence-corrected chi connectivity index (χ1v) is 5.05. The molecule has 0 radical (unpaired) electrons. The Balaban J connectivity index is 2.35. The minimum atomic E-state index is -0.663. The van der Waals surface area contributed by atoms with Gasteiger partial charge in [-0.15, -0.1) is 0 Å². The highest BCUT2D eigenvalue weighted by Crippen LogP contribution is 2.25. The van der Waals surface area contributed by atoms with Crippen molar-refractivity contribution in [3.8, 4) is 11.4 Å². The molecule has 1 aromatic carbocycles. The molecule has 5 nitrogen and oxygen atoms in total. The van der Waals surface area contributed by atoms with Gasteiger partial charge in [-0.2, -0.15) is 4.98 Å². The molecule has 0 fully saturated rings. The molecule has 0 amide bonds. The number of rotatable bonds is 3. The van der Waals surface area contributed by atoms with Crippen LogP contribution in [0.1, 0.15) is 11.9 Å². The molecule has 0 aliphatic carbocycles. The van der Waals surface area contributed by atoms with Crippen LogP contribution in [0.3, 0.4) is 0 Å². The molecule has 0 saturated carbocycles. The van der Waals surface area contributed by atoms with Gasteiger partial charge in [0.25, 0.3) is 0 Å². The van der Waals surface area contributed by atoms with Crippen molar-refractivity contribution >= 4 is 11.6 Å². The summed E-state index contributed by atoms with van der Waals surface area (Å²) in [5, 5.41) is 13.1. The van der Waals surface area contributed by atoms with Crippen LogP contribution < -0.4 is 5.73 Å². The number of hydrogen-bond acceptors (Lipinski definition) is 5. The monoisotopic (exact) mass is 239 g/mol. The van der Waals surface area contributed by atoms with Gasteiger partial charge in [0.05, 0.1) is 11.6 Å². The molecule has 16 heavy (non-hydrogen) atoms. The third kappa shape index (κ3) is 2.06. The number of aromatic nitrogens is 2. The van der Waals surface area contributed by atoms with E-state index < -0.39 is 6.04 Å². The van der Waals surface area contributed by atoms with E-state index in [1.165, 1.54) is 0 Å². The highest BCUT2D eigenvalue weighted by molar-refractivity contribution is 6.33. The summed E-state index contributed by atoms with van der Waals surface area (Å²) < 4.78 is 4.92. The summed E-state index contributed by atoms with van der Waals surface area (Å²) in [4.78, 5) is 4.06. The van der Waals surface area contributed by atoms with Crippen molar-refractivity contribution in [2.75, 3.05) is 6.61 Å². The molecule has 0 aliphatic rings. The van der Waals surface area contributed by atoms with E-state index in [1.54, 1.807) is 12.1 Å². The SMILES string of the molecule is N[C@H](CO)c1nc(-c2ccccc2Cl)no1. The van der Waals surface area contributed by atoms with Gasteiger partial charge < -0.3 is 15.4 Å². The van der Waals surface area contributed by atoms with Crippen molar-refractivity contribution in [1.82, 2.24) is 10.1 Å². The summed E-state index contributed by atoms with van der Waals surface area (Å²) in [7, 11) is 0. The summed E-state index contributed by atoms with van der Waals surface area (Å²) >= 11 is 5.98. The van der Waals surface area contributed by atoms with Crippen molar-refractivity contribution < 1.29 is 9.63 Å². The summed E-state index contributed by atoms with van der Waals surface area (Å²) in [5.74, 6) is 0.557. The predicted octanol–water partition coefficient (Wildman–Crippen LogP) is 1.38. The highest BCUT2D eigenvalue weighted by Gasteiger charge is 2.15. The van der Waals surface area contributed by atoms with Crippen LogP contribution >= 0.6 is 11.6 Å². The quantitative estimate of drug-likeness (QED) is 0.845. The van der Waals surface area contributed by atoms with Crippen LogP contribution in [0.5, 0.6) is 0 Å². The topological polar surface area (TPSA) is 85.2 Å². The molecule has 0 aliphatic heterocycles. The van der Waals surface area contributed by atoms with Gasteiger partial charge in [0.1, 0.15) is 6.04 Å². The maximum Gasteiger partial charge on any atom is 0.246 e. The van der Waals surface area contributed by atoms with E-state index in [9.17, 15) is 0 Å². The molecule has 2 rings (SSSR count). The van der Waals surface area contributed by atoms with Gasteiger partial charge in [-0.25, -0.2) is 0 Å². The zero-order valence-electron chi connectivity index (χ0n) is 8.30. The van der Waals surface area contributed by atoms with Crippen molar-refractivity contribution in [1.29, 1.82) is 0 Å². The third-order valence-electron chi connectivity index (χ3n) is 2.07. The van der Waals surface area contributed by atoms with Crippen LogP contribution in [-0.4, -0.2) is 21.9 Å². The fourth-order valence-electron chi connectivity index (χ4n) is 1.22. The first-order valence-electron chi connectivity index (χ1n) is 4.67. The molecular weight excluding hydrogens is 230 g/mol. The van der Waals surface area contributed by atoms with Crippen molar-refractivity contribution in [2.45, 2.75) is 6.04 Å². The normalized spacial score (nSPS) is 12.7. The van der Waals surface area contributed by atoms with Gasteiger partial charge in [-0.3, -0.25) is 0 Å². The zero-order chi connectivity index (χ0) is 11.5. The Morgan fingerprint density at radius 2 is 2.19 bits per heavy atom. The molecule has 0 unspecified atom stereocenters. The molecule has 1 heterocycles. The molecule has 1 aromatic heterocycles. The van der Waals surface area contributed by atoms with E-state index in [0.29, 0.717) is 16.4 Å². The van der Waals surface area contributed by atoms with Crippen LogP contribution in [0.15, 0.2) is 28.8 Å². The first-order chi connectivity index (χ1) is 7.72. The smallest absolute Gasteiger partial charge is 0.246 e. The zero-order valence-corrected chi connectivity index (χ0v) is 9.05. The van der Waals surface area contributed by atoms with Gasteiger partial charge >= 0.3 is 0 Å². The predicted molar refractivity (Wildman–Crippen MR) is 58.8 cm³/mol. The summed E-state index contributed by atoms with van der Waals surface area (Å²) in [6, 6.07) is 6.49. The molecule has 2 aromatic rings. The van der Waals surface area contributed by atoms with Crippen LogP contribution in [0, 0.1) is 0 Å². The molecule has 6 heteroatoms. The second-order valence-corrected chi connectivity index (χ2v) is 3.63. The number of nitrogens with zero attached hydrogens (tertiary/aromatic N) is 2. The Bertz CT molecular complexity index is 486. The Labute approximate surface area is 96.8 Å². The second kappa shape index (κ2) is 4.61. The Hall–Kier alpha value is -1.43. The average molecular weight is 240 g/mol. The summed E-state index contributed by atoms with van der Waals surface area (Å²) in [6.07, 6.45) is 0. The minimum Gasteiger partial charge on any atom is -0.394 e. The van der Waals surface area contributed by atoms with E-state index in [4.69, 9.17) is 27.0 Å².